The smallest absolute Gasteiger partial charge is 0.0382 e. The zero-order chi connectivity index (χ0) is 12.3. The largest absolute Gasteiger partial charge is 0.365 e. The molecule has 96 valence electrons. The van der Waals surface area contributed by atoms with Crippen molar-refractivity contribution in [1.29, 1.82) is 0 Å². The van der Waals surface area contributed by atoms with Crippen molar-refractivity contribution in [2.75, 3.05) is 4.90 Å². The molecular weight excluding hydrogens is 288 g/mol. The highest BCUT2D eigenvalue weighted by Crippen LogP contribution is 2.42. The molecule has 2 nitrogen and oxygen atoms in total. The van der Waals surface area contributed by atoms with Gasteiger partial charge >= 0.3 is 0 Å². The molecule has 1 N–H and O–H groups in total. The van der Waals surface area contributed by atoms with Gasteiger partial charge in [0.05, 0.1) is 0 Å². The van der Waals surface area contributed by atoms with Gasteiger partial charge in [0.1, 0.15) is 0 Å². The molecule has 0 atom stereocenters. The predicted octanol–water partition coefficient (Wildman–Crippen LogP) is 3.23. The molecule has 4 bridgehead atoms. The summed E-state index contributed by atoms with van der Waals surface area (Å²) in [5.74, 6) is 0. The minimum atomic E-state index is 0.767. The summed E-state index contributed by atoms with van der Waals surface area (Å²) >= 11 is 3.67. The van der Waals surface area contributed by atoms with E-state index in [2.05, 4.69) is 51.3 Å². The van der Waals surface area contributed by atoms with Gasteiger partial charge in [0.2, 0.25) is 0 Å². The standard InChI is InChI=1S/C15H19BrN2/c1-9-2-3-12(8-15(9)16)18-13-4-10-5-14(18)7-11(6-13)17-10/h2-3,8,10-11,13-14,17H,4-7H2,1H3. The third kappa shape index (κ3) is 1.64. The van der Waals surface area contributed by atoms with Gasteiger partial charge < -0.3 is 10.2 Å². The van der Waals surface area contributed by atoms with Crippen molar-refractivity contribution in [2.24, 2.45) is 0 Å². The normalized spacial score (nSPS) is 37.3. The van der Waals surface area contributed by atoms with Crippen LogP contribution in [0.3, 0.4) is 0 Å². The molecule has 0 aromatic heterocycles. The SMILES string of the molecule is Cc1ccc(N2C3CC4CC2CC(C3)N4)cc1Br. The van der Waals surface area contributed by atoms with E-state index in [0.717, 1.165) is 24.2 Å². The Hall–Kier alpha value is -0.540. The fourth-order valence-electron chi connectivity index (χ4n) is 4.22. The molecule has 4 saturated heterocycles. The first-order valence-electron chi connectivity index (χ1n) is 7.01. The molecule has 4 fully saturated rings. The third-order valence-electron chi connectivity index (χ3n) is 4.94. The average Bonchev–Trinajstić information content (AvgIpc) is 2.32. The van der Waals surface area contributed by atoms with Crippen molar-refractivity contribution in [3.05, 3.63) is 28.2 Å². The van der Waals surface area contributed by atoms with Gasteiger partial charge in [-0.25, -0.2) is 0 Å². The Balaban J connectivity index is 1.70. The van der Waals surface area contributed by atoms with Gasteiger partial charge in [-0.3, -0.25) is 0 Å². The molecule has 18 heavy (non-hydrogen) atoms. The number of benzene rings is 1. The van der Waals surface area contributed by atoms with Crippen molar-refractivity contribution in [3.63, 3.8) is 0 Å². The first kappa shape index (κ1) is 11.3. The lowest BCUT2D eigenvalue weighted by atomic mass is 9.74. The van der Waals surface area contributed by atoms with E-state index in [-0.39, 0.29) is 0 Å². The maximum Gasteiger partial charge on any atom is 0.0382 e. The second-order valence-electron chi connectivity index (χ2n) is 6.15. The van der Waals surface area contributed by atoms with Gasteiger partial charge in [0.25, 0.3) is 0 Å². The monoisotopic (exact) mass is 306 g/mol. The number of piperidine rings is 4. The summed E-state index contributed by atoms with van der Waals surface area (Å²) in [4.78, 5) is 2.71. The molecule has 0 spiro atoms. The molecular formula is C15H19BrN2. The highest BCUT2D eigenvalue weighted by molar-refractivity contribution is 9.10. The number of hydrogen-bond acceptors (Lipinski definition) is 2. The Morgan fingerprint density at radius 1 is 1.11 bits per heavy atom. The van der Waals surface area contributed by atoms with Gasteiger partial charge in [-0.1, -0.05) is 22.0 Å². The summed E-state index contributed by atoms with van der Waals surface area (Å²) < 4.78 is 1.24. The number of aryl methyl sites for hydroxylation is 1. The molecule has 4 aliphatic heterocycles. The Bertz CT molecular complexity index is 457. The van der Waals surface area contributed by atoms with E-state index in [4.69, 9.17) is 0 Å². The lowest BCUT2D eigenvalue weighted by Crippen LogP contribution is -2.67. The summed E-state index contributed by atoms with van der Waals surface area (Å²) in [5, 5.41) is 3.77. The first-order chi connectivity index (χ1) is 8.70. The number of halogens is 1. The number of anilines is 1. The second kappa shape index (κ2) is 3.97. The van der Waals surface area contributed by atoms with Crippen LogP contribution in [0.2, 0.25) is 0 Å². The summed E-state index contributed by atoms with van der Waals surface area (Å²) in [7, 11) is 0. The molecule has 1 aromatic rings. The van der Waals surface area contributed by atoms with Gasteiger partial charge in [0.15, 0.2) is 0 Å². The highest BCUT2D eigenvalue weighted by Gasteiger charge is 2.46. The number of hydrogen-bond donors (Lipinski definition) is 1. The van der Waals surface area contributed by atoms with Crippen molar-refractivity contribution in [1.82, 2.24) is 5.32 Å². The zero-order valence-corrected chi connectivity index (χ0v) is 12.3. The number of rotatable bonds is 1. The molecule has 4 aliphatic rings. The molecule has 0 unspecified atom stereocenters. The minimum absolute atomic E-state index is 0.767. The van der Waals surface area contributed by atoms with Crippen molar-refractivity contribution < 1.29 is 0 Å². The summed E-state index contributed by atoms with van der Waals surface area (Å²) in [5.41, 5.74) is 2.74. The molecule has 4 heterocycles. The molecule has 5 rings (SSSR count). The van der Waals surface area contributed by atoms with Crippen LogP contribution in [0.4, 0.5) is 5.69 Å². The molecule has 0 aliphatic carbocycles. The van der Waals surface area contributed by atoms with Crippen LogP contribution in [-0.4, -0.2) is 24.2 Å². The Labute approximate surface area is 117 Å². The molecule has 0 amide bonds. The summed E-state index contributed by atoms with van der Waals surface area (Å²) in [6.45, 7) is 2.16. The van der Waals surface area contributed by atoms with E-state index >= 15 is 0 Å². The highest BCUT2D eigenvalue weighted by atomic mass is 79.9. The number of nitrogens with zero attached hydrogens (tertiary/aromatic N) is 1. The van der Waals surface area contributed by atoms with E-state index < -0.39 is 0 Å². The topological polar surface area (TPSA) is 15.3 Å². The molecule has 1 aromatic carbocycles. The van der Waals surface area contributed by atoms with Crippen LogP contribution in [0, 0.1) is 6.92 Å². The Kier molecular flexibility index (Phi) is 2.50. The van der Waals surface area contributed by atoms with E-state index in [9.17, 15) is 0 Å². The molecule has 3 heteroatoms. The maximum atomic E-state index is 3.77. The molecule has 0 saturated carbocycles. The number of nitrogens with one attached hydrogen (secondary N) is 1. The van der Waals surface area contributed by atoms with E-state index in [1.165, 1.54) is 41.4 Å². The first-order valence-corrected chi connectivity index (χ1v) is 7.80. The van der Waals surface area contributed by atoms with E-state index in [1.54, 1.807) is 0 Å². The van der Waals surface area contributed by atoms with Crippen LogP contribution in [0.5, 0.6) is 0 Å². The quantitative estimate of drug-likeness (QED) is 0.857. The average molecular weight is 307 g/mol. The van der Waals surface area contributed by atoms with Gasteiger partial charge in [-0.15, -0.1) is 0 Å². The van der Waals surface area contributed by atoms with Gasteiger partial charge in [0, 0.05) is 34.3 Å². The van der Waals surface area contributed by atoms with Crippen LogP contribution in [0.15, 0.2) is 22.7 Å². The predicted molar refractivity (Wildman–Crippen MR) is 78.1 cm³/mol. The van der Waals surface area contributed by atoms with Crippen LogP contribution in [0.1, 0.15) is 31.2 Å². The summed E-state index contributed by atoms with van der Waals surface area (Å²) in [6, 6.07) is 9.96. The van der Waals surface area contributed by atoms with Crippen LogP contribution < -0.4 is 10.2 Å². The summed E-state index contributed by atoms with van der Waals surface area (Å²) in [6.07, 6.45) is 5.33. The van der Waals surface area contributed by atoms with Crippen molar-refractivity contribution in [3.8, 4) is 0 Å². The van der Waals surface area contributed by atoms with Crippen molar-refractivity contribution in [2.45, 2.75) is 56.8 Å². The molecule has 0 radical (unpaired) electrons. The zero-order valence-electron chi connectivity index (χ0n) is 10.7. The van der Waals surface area contributed by atoms with Crippen LogP contribution in [-0.2, 0) is 0 Å². The van der Waals surface area contributed by atoms with Gasteiger partial charge in [-0.05, 0) is 50.3 Å². The fraction of sp³-hybridized carbons (Fsp3) is 0.600. The van der Waals surface area contributed by atoms with Crippen LogP contribution in [0.25, 0.3) is 0 Å². The lowest BCUT2D eigenvalue weighted by molar-refractivity contribution is 0.135. The fourth-order valence-corrected chi connectivity index (χ4v) is 4.59. The Morgan fingerprint density at radius 2 is 1.72 bits per heavy atom. The maximum absolute atomic E-state index is 3.77. The van der Waals surface area contributed by atoms with E-state index in [1.807, 2.05) is 0 Å². The van der Waals surface area contributed by atoms with Gasteiger partial charge in [-0.2, -0.15) is 0 Å². The second-order valence-corrected chi connectivity index (χ2v) is 7.01. The lowest BCUT2D eigenvalue weighted by Gasteiger charge is -2.58. The van der Waals surface area contributed by atoms with Crippen molar-refractivity contribution >= 4 is 21.6 Å². The van der Waals surface area contributed by atoms with Crippen LogP contribution >= 0.6 is 15.9 Å². The minimum Gasteiger partial charge on any atom is -0.365 e. The van der Waals surface area contributed by atoms with E-state index in [0.29, 0.717) is 0 Å². The Morgan fingerprint density at radius 3 is 2.28 bits per heavy atom. The third-order valence-corrected chi connectivity index (χ3v) is 5.79.